The number of anilines is 1. The molecule has 6 heteroatoms. The minimum atomic E-state index is -0.933. The lowest BCUT2D eigenvalue weighted by atomic mass is 10.2. The largest absolute Gasteiger partial charge is 0.397 e. The average molecular weight is 268 g/mol. The number of hydrogen-bond donors (Lipinski definition) is 2. The lowest BCUT2D eigenvalue weighted by molar-refractivity contribution is 0.0955. The summed E-state index contributed by atoms with van der Waals surface area (Å²) >= 11 is 1.23. The van der Waals surface area contributed by atoms with Gasteiger partial charge in [0, 0.05) is 6.54 Å². The number of carbonyl (C=O) groups is 1. The van der Waals surface area contributed by atoms with Crippen LogP contribution in [-0.4, -0.2) is 5.91 Å². The predicted octanol–water partition coefficient (Wildman–Crippen LogP) is 2.54. The van der Waals surface area contributed by atoms with E-state index in [0.29, 0.717) is 16.1 Å². The average Bonchev–Trinajstić information content (AvgIpc) is 2.77. The van der Waals surface area contributed by atoms with E-state index in [1.54, 1.807) is 11.4 Å². The molecule has 0 aliphatic rings. The molecule has 0 aliphatic heterocycles. The molecule has 0 saturated heterocycles. The van der Waals surface area contributed by atoms with E-state index < -0.39 is 11.6 Å². The van der Waals surface area contributed by atoms with Gasteiger partial charge in [-0.3, -0.25) is 4.79 Å². The van der Waals surface area contributed by atoms with E-state index in [1.165, 1.54) is 17.4 Å². The zero-order valence-electron chi connectivity index (χ0n) is 9.24. The standard InChI is InChI=1S/C12H10F2N2OS/c13-8-2-1-7(5-9(8)14)6-16-12(17)11-10(15)3-4-18-11/h1-5H,6,15H2,(H,16,17). The fraction of sp³-hybridized carbons (Fsp3) is 0.0833. The maximum absolute atomic E-state index is 12.9. The quantitative estimate of drug-likeness (QED) is 0.898. The van der Waals surface area contributed by atoms with Gasteiger partial charge in [0.05, 0.1) is 5.69 Å². The summed E-state index contributed by atoms with van der Waals surface area (Å²) in [6.45, 7) is 0.118. The van der Waals surface area contributed by atoms with Crippen LogP contribution in [0.5, 0.6) is 0 Å². The van der Waals surface area contributed by atoms with Crippen LogP contribution in [0.15, 0.2) is 29.6 Å². The van der Waals surface area contributed by atoms with Crippen LogP contribution in [0.4, 0.5) is 14.5 Å². The van der Waals surface area contributed by atoms with Crippen molar-refractivity contribution >= 4 is 22.9 Å². The van der Waals surface area contributed by atoms with Crippen molar-refractivity contribution in [3.05, 3.63) is 51.7 Å². The molecule has 1 aromatic heterocycles. The van der Waals surface area contributed by atoms with E-state index in [-0.39, 0.29) is 12.5 Å². The third kappa shape index (κ3) is 2.65. The molecule has 0 bridgehead atoms. The Morgan fingerprint density at radius 1 is 1.28 bits per heavy atom. The zero-order valence-corrected chi connectivity index (χ0v) is 10.1. The molecule has 1 amide bonds. The van der Waals surface area contributed by atoms with Crippen molar-refractivity contribution in [1.82, 2.24) is 5.32 Å². The molecule has 3 nitrogen and oxygen atoms in total. The molecule has 0 spiro atoms. The number of nitrogen functional groups attached to an aromatic ring is 1. The van der Waals surface area contributed by atoms with E-state index in [9.17, 15) is 13.6 Å². The molecule has 2 aromatic rings. The lowest BCUT2D eigenvalue weighted by Gasteiger charge is -2.05. The van der Waals surface area contributed by atoms with Crippen LogP contribution in [-0.2, 0) is 6.54 Å². The topological polar surface area (TPSA) is 55.1 Å². The first-order valence-corrected chi connectivity index (χ1v) is 6.01. The van der Waals surface area contributed by atoms with Gasteiger partial charge in [-0.2, -0.15) is 0 Å². The number of nitrogens with two attached hydrogens (primary N) is 1. The maximum Gasteiger partial charge on any atom is 0.263 e. The van der Waals surface area contributed by atoms with Gasteiger partial charge >= 0.3 is 0 Å². The zero-order chi connectivity index (χ0) is 13.1. The number of thiophene rings is 1. The Labute approximate surface area is 106 Å². The van der Waals surface area contributed by atoms with Crippen molar-refractivity contribution in [3.8, 4) is 0 Å². The predicted molar refractivity (Wildman–Crippen MR) is 66.3 cm³/mol. The first-order chi connectivity index (χ1) is 8.58. The minimum absolute atomic E-state index is 0.118. The van der Waals surface area contributed by atoms with Gasteiger partial charge in [0.25, 0.3) is 5.91 Å². The molecule has 0 radical (unpaired) electrons. The van der Waals surface area contributed by atoms with Crippen LogP contribution in [0.25, 0.3) is 0 Å². The third-order valence-corrected chi connectivity index (χ3v) is 3.27. The van der Waals surface area contributed by atoms with Crippen LogP contribution in [0.1, 0.15) is 15.2 Å². The first-order valence-electron chi connectivity index (χ1n) is 5.13. The van der Waals surface area contributed by atoms with Gasteiger partial charge in [-0.1, -0.05) is 6.07 Å². The molecule has 0 saturated carbocycles. The van der Waals surface area contributed by atoms with Gasteiger partial charge in [-0.15, -0.1) is 11.3 Å². The highest BCUT2D eigenvalue weighted by molar-refractivity contribution is 7.12. The van der Waals surface area contributed by atoms with Crippen LogP contribution < -0.4 is 11.1 Å². The Bertz CT molecular complexity index is 583. The molecule has 2 rings (SSSR count). The molecular formula is C12H10F2N2OS. The SMILES string of the molecule is Nc1ccsc1C(=O)NCc1ccc(F)c(F)c1. The second-order valence-corrected chi connectivity index (χ2v) is 4.55. The van der Waals surface area contributed by atoms with Gasteiger partial charge in [-0.05, 0) is 29.1 Å². The number of amides is 1. The molecule has 0 aliphatic carbocycles. The fourth-order valence-electron chi connectivity index (χ4n) is 1.42. The smallest absolute Gasteiger partial charge is 0.263 e. The maximum atomic E-state index is 12.9. The second-order valence-electron chi connectivity index (χ2n) is 3.64. The van der Waals surface area contributed by atoms with Crippen molar-refractivity contribution in [2.45, 2.75) is 6.54 Å². The number of hydrogen-bond acceptors (Lipinski definition) is 3. The molecular weight excluding hydrogens is 258 g/mol. The molecule has 0 atom stereocenters. The third-order valence-electron chi connectivity index (χ3n) is 2.34. The van der Waals surface area contributed by atoms with Crippen molar-refractivity contribution in [2.24, 2.45) is 0 Å². The number of nitrogens with one attached hydrogen (secondary N) is 1. The highest BCUT2D eigenvalue weighted by Gasteiger charge is 2.11. The molecule has 94 valence electrons. The van der Waals surface area contributed by atoms with Crippen LogP contribution in [0.3, 0.4) is 0 Å². The van der Waals surface area contributed by atoms with E-state index in [2.05, 4.69) is 5.32 Å². The molecule has 0 unspecified atom stereocenters. The summed E-state index contributed by atoms with van der Waals surface area (Å²) in [7, 11) is 0. The Morgan fingerprint density at radius 3 is 2.67 bits per heavy atom. The summed E-state index contributed by atoms with van der Waals surface area (Å²) in [5.74, 6) is -2.17. The van der Waals surface area contributed by atoms with Crippen LogP contribution in [0, 0.1) is 11.6 Å². The summed E-state index contributed by atoms with van der Waals surface area (Å²) in [6, 6.07) is 5.12. The van der Waals surface area contributed by atoms with Crippen molar-refractivity contribution in [2.75, 3.05) is 5.73 Å². The molecule has 1 heterocycles. The van der Waals surface area contributed by atoms with Gasteiger partial charge in [-0.25, -0.2) is 8.78 Å². The van der Waals surface area contributed by atoms with Crippen LogP contribution >= 0.6 is 11.3 Å². The highest BCUT2D eigenvalue weighted by atomic mass is 32.1. The first kappa shape index (κ1) is 12.5. The van der Waals surface area contributed by atoms with Crippen LogP contribution in [0.2, 0.25) is 0 Å². The van der Waals surface area contributed by atoms with E-state index in [0.717, 1.165) is 12.1 Å². The molecule has 1 aromatic carbocycles. The molecule has 3 N–H and O–H groups in total. The van der Waals surface area contributed by atoms with E-state index in [4.69, 9.17) is 5.73 Å². The summed E-state index contributed by atoms with van der Waals surface area (Å²) in [5, 5.41) is 4.30. The molecule has 0 fully saturated rings. The van der Waals surface area contributed by atoms with Gasteiger partial charge in [0.2, 0.25) is 0 Å². The van der Waals surface area contributed by atoms with Gasteiger partial charge < -0.3 is 11.1 Å². The van der Waals surface area contributed by atoms with Crippen molar-refractivity contribution in [1.29, 1.82) is 0 Å². The number of rotatable bonds is 3. The Balaban J connectivity index is 2.02. The lowest BCUT2D eigenvalue weighted by Crippen LogP contribution is -2.22. The molecule has 18 heavy (non-hydrogen) atoms. The van der Waals surface area contributed by atoms with Crippen molar-refractivity contribution in [3.63, 3.8) is 0 Å². The number of carbonyl (C=O) groups excluding carboxylic acids is 1. The Kier molecular flexibility index (Phi) is 3.57. The van der Waals surface area contributed by atoms with E-state index >= 15 is 0 Å². The highest BCUT2D eigenvalue weighted by Crippen LogP contribution is 2.18. The van der Waals surface area contributed by atoms with Gasteiger partial charge in [0.1, 0.15) is 4.88 Å². The van der Waals surface area contributed by atoms with Gasteiger partial charge in [0.15, 0.2) is 11.6 Å². The van der Waals surface area contributed by atoms with Crippen molar-refractivity contribution < 1.29 is 13.6 Å². The minimum Gasteiger partial charge on any atom is -0.397 e. The Hall–Kier alpha value is -1.95. The summed E-state index contributed by atoms with van der Waals surface area (Å²) in [4.78, 5) is 12.1. The summed E-state index contributed by atoms with van der Waals surface area (Å²) < 4.78 is 25.6. The monoisotopic (exact) mass is 268 g/mol. The summed E-state index contributed by atoms with van der Waals surface area (Å²) in [5.41, 5.74) is 6.48. The second kappa shape index (κ2) is 5.14. The fourth-order valence-corrected chi connectivity index (χ4v) is 2.15. The Morgan fingerprint density at radius 2 is 2.06 bits per heavy atom. The summed E-state index contributed by atoms with van der Waals surface area (Å²) in [6.07, 6.45) is 0. The number of benzene rings is 1. The normalized spacial score (nSPS) is 10.3. The van der Waals surface area contributed by atoms with E-state index in [1.807, 2.05) is 0 Å². The number of halogens is 2.